The fraction of sp³-hybridized carbons (Fsp3) is 0.667. The normalized spacial score (nSPS) is 17.3. The maximum Gasteiger partial charge on any atom is 0.341 e. The van der Waals surface area contributed by atoms with E-state index < -0.39 is 0 Å². The molecule has 1 aliphatic rings. The Balaban J connectivity index is 2.22. The van der Waals surface area contributed by atoms with Crippen molar-refractivity contribution in [1.29, 1.82) is 0 Å². The molecule has 1 atom stereocenters. The van der Waals surface area contributed by atoms with Gasteiger partial charge in [-0.3, -0.25) is 4.79 Å². The van der Waals surface area contributed by atoms with Gasteiger partial charge >= 0.3 is 5.97 Å². The first-order valence-electron chi connectivity index (χ1n) is 8.67. The molecule has 1 aliphatic carbocycles. The van der Waals surface area contributed by atoms with E-state index in [9.17, 15) is 9.59 Å². The lowest BCUT2D eigenvalue weighted by molar-refractivity contribution is -0.707. The van der Waals surface area contributed by atoms with Crippen molar-refractivity contribution in [2.75, 3.05) is 18.5 Å². The predicted molar refractivity (Wildman–Crippen MR) is 96.6 cm³/mol. The third kappa shape index (κ3) is 4.80. The van der Waals surface area contributed by atoms with Gasteiger partial charge in [-0.05, 0) is 58.4 Å². The van der Waals surface area contributed by atoms with Crippen LogP contribution in [0.5, 0.6) is 0 Å². The van der Waals surface area contributed by atoms with Gasteiger partial charge in [0.05, 0.1) is 17.7 Å². The van der Waals surface area contributed by atoms with Crippen molar-refractivity contribution in [3.8, 4) is 0 Å². The number of nitrogens with one attached hydrogen (secondary N) is 1. The van der Waals surface area contributed by atoms with E-state index in [1.54, 1.807) is 6.92 Å². The Kier molecular flexibility index (Phi) is 6.04. The molecule has 0 radical (unpaired) electrons. The summed E-state index contributed by atoms with van der Waals surface area (Å²) in [4.78, 5) is 25.9. The van der Waals surface area contributed by atoms with E-state index in [0.717, 1.165) is 24.8 Å². The van der Waals surface area contributed by atoms with Crippen LogP contribution in [0.1, 0.15) is 61.8 Å². The molecule has 0 spiro atoms. The van der Waals surface area contributed by atoms with Crippen LogP contribution in [0.3, 0.4) is 0 Å². The molecular weight excluding hydrogens is 324 g/mol. The fourth-order valence-electron chi connectivity index (χ4n) is 2.83. The first-order valence-corrected chi connectivity index (χ1v) is 9.48. The van der Waals surface area contributed by atoms with E-state index >= 15 is 0 Å². The molecule has 1 heterocycles. The van der Waals surface area contributed by atoms with Gasteiger partial charge < -0.3 is 15.4 Å². The molecule has 134 valence electrons. The Morgan fingerprint density at radius 1 is 1.38 bits per heavy atom. The third-order valence-electron chi connectivity index (χ3n) is 4.14. The van der Waals surface area contributed by atoms with Crippen molar-refractivity contribution < 1.29 is 19.6 Å². The second kappa shape index (κ2) is 7.66. The zero-order valence-corrected chi connectivity index (χ0v) is 16.1. The van der Waals surface area contributed by atoms with E-state index in [1.807, 2.05) is 5.32 Å². The Labute approximate surface area is 148 Å². The summed E-state index contributed by atoms with van der Waals surface area (Å²) in [5.41, 5.74) is 1.64. The number of ether oxygens (including phenoxy) is 1. The molecule has 3 N–H and O–H groups in total. The fourth-order valence-corrected chi connectivity index (χ4v) is 4.25. The summed E-state index contributed by atoms with van der Waals surface area (Å²) in [6.07, 6.45) is 2.92. The average molecular weight is 354 g/mol. The highest BCUT2D eigenvalue weighted by atomic mass is 32.1. The molecule has 24 heavy (non-hydrogen) atoms. The molecule has 0 aromatic carbocycles. The van der Waals surface area contributed by atoms with E-state index in [2.05, 4.69) is 33.0 Å². The Hall–Kier alpha value is -1.40. The largest absolute Gasteiger partial charge is 0.462 e. The molecule has 1 aromatic rings. The van der Waals surface area contributed by atoms with Crippen LogP contribution in [-0.4, -0.2) is 30.6 Å². The number of amides is 1. The van der Waals surface area contributed by atoms with Crippen molar-refractivity contribution in [2.24, 2.45) is 5.92 Å². The minimum atomic E-state index is -0.320. The number of hydrogen-bond donors (Lipinski definition) is 2. The monoisotopic (exact) mass is 353 g/mol. The zero-order chi connectivity index (χ0) is 17.9. The number of carbonyl (C=O) groups is 2. The van der Waals surface area contributed by atoms with Gasteiger partial charge in [0, 0.05) is 4.88 Å². The van der Waals surface area contributed by atoms with Gasteiger partial charge in [-0.15, -0.1) is 11.3 Å². The highest BCUT2D eigenvalue weighted by Gasteiger charge is 2.29. The molecule has 0 saturated carbocycles. The molecule has 6 heteroatoms. The summed E-state index contributed by atoms with van der Waals surface area (Å²) in [5.74, 6) is 0.214. The SMILES string of the molecule is CCOC(=O)c1c(NC(=O)C[NH2+]C(C)(C)C)sc2c1CCC(C)C2. The molecule has 1 aromatic heterocycles. The molecule has 0 bridgehead atoms. The Morgan fingerprint density at radius 2 is 2.08 bits per heavy atom. The van der Waals surface area contributed by atoms with Gasteiger partial charge in [-0.2, -0.15) is 0 Å². The van der Waals surface area contributed by atoms with Gasteiger partial charge in [-0.25, -0.2) is 4.79 Å². The van der Waals surface area contributed by atoms with Gasteiger partial charge in [0.25, 0.3) is 5.91 Å². The smallest absolute Gasteiger partial charge is 0.341 e. The molecule has 0 saturated heterocycles. The van der Waals surface area contributed by atoms with Gasteiger partial charge in [-0.1, -0.05) is 6.92 Å². The van der Waals surface area contributed by atoms with E-state index in [1.165, 1.54) is 16.2 Å². The summed E-state index contributed by atoms with van der Waals surface area (Å²) in [5, 5.41) is 5.58. The molecule has 1 amide bonds. The van der Waals surface area contributed by atoms with Crippen LogP contribution >= 0.6 is 11.3 Å². The first-order chi connectivity index (χ1) is 11.2. The molecule has 1 unspecified atom stereocenters. The van der Waals surface area contributed by atoms with Crippen molar-refractivity contribution in [2.45, 2.75) is 59.4 Å². The van der Waals surface area contributed by atoms with Crippen LogP contribution in [0.15, 0.2) is 0 Å². The summed E-state index contributed by atoms with van der Waals surface area (Å²) in [7, 11) is 0. The highest BCUT2D eigenvalue weighted by molar-refractivity contribution is 7.17. The summed E-state index contributed by atoms with van der Waals surface area (Å²) in [6.45, 7) is 10.9. The number of carbonyl (C=O) groups excluding carboxylic acids is 2. The zero-order valence-electron chi connectivity index (χ0n) is 15.3. The third-order valence-corrected chi connectivity index (χ3v) is 5.31. The second-order valence-corrected chi connectivity index (χ2v) is 8.70. The molecule has 2 rings (SSSR count). The average Bonchev–Trinajstić information content (AvgIpc) is 2.81. The summed E-state index contributed by atoms with van der Waals surface area (Å²) in [6, 6.07) is 0. The number of anilines is 1. The number of quaternary nitrogens is 1. The molecule has 0 fully saturated rings. The number of esters is 1. The topological polar surface area (TPSA) is 72.0 Å². The number of thiophene rings is 1. The second-order valence-electron chi connectivity index (χ2n) is 7.60. The van der Waals surface area contributed by atoms with Crippen LogP contribution in [0, 0.1) is 5.92 Å². The minimum Gasteiger partial charge on any atom is -0.462 e. The van der Waals surface area contributed by atoms with E-state index in [0.29, 0.717) is 29.6 Å². The van der Waals surface area contributed by atoms with Crippen LogP contribution in [0.2, 0.25) is 0 Å². The van der Waals surface area contributed by atoms with Gasteiger partial charge in [0.2, 0.25) is 0 Å². The molecular formula is C18H29N2O3S+. The molecule has 0 aliphatic heterocycles. The van der Waals surface area contributed by atoms with Crippen LogP contribution in [0.4, 0.5) is 5.00 Å². The lowest BCUT2D eigenvalue weighted by atomic mass is 9.88. The van der Waals surface area contributed by atoms with Crippen LogP contribution < -0.4 is 10.6 Å². The van der Waals surface area contributed by atoms with Crippen LogP contribution in [0.25, 0.3) is 0 Å². The maximum absolute atomic E-state index is 12.4. The van der Waals surface area contributed by atoms with Crippen molar-refractivity contribution in [1.82, 2.24) is 0 Å². The van der Waals surface area contributed by atoms with E-state index in [4.69, 9.17) is 4.74 Å². The number of fused-ring (bicyclic) bond motifs is 1. The van der Waals surface area contributed by atoms with Crippen molar-refractivity contribution in [3.63, 3.8) is 0 Å². The minimum absolute atomic E-state index is 0.00850. The highest BCUT2D eigenvalue weighted by Crippen LogP contribution is 2.40. The summed E-state index contributed by atoms with van der Waals surface area (Å²) < 4.78 is 5.22. The Morgan fingerprint density at radius 3 is 2.71 bits per heavy atom. The number of rotatable bonds is 5. The Bertz CT molecular complexity index is 617. The maximum atomic E-state index is 12.4. The summed E-state index contributed by atoms with van der Waals surface area (Å²) >= 11 is 1.53. The van der Waals surface area contributed by atoms with Crippen molar-refractivity contribution in [3.05, 3.63) is 16.0 Å². The van der Waals surface area contributed by atoms with Crippen molar-refractivity contribution >= 4 is 28.2 Å². The molecule has 5 nitrogen and oxygen atoms in total. The van der Waals surface area contributed by atoms with E-state index in [-0.39, 0.29) is 17.4 Å². The quantitative estimate of drug-likeness (QED) is 0.798. The lowest BCUT2D eigenvalue weighted by Crippen LogP contribution is -2.95. The standard InChI is InChI=1S/C18H28N2O3S/c1-6-23-17(22)15-12-8-7-11(2)9-13(12)24-16(15)20-14(21)10-19-18(3,4)5/h11,19H,6-10H2,1-5H3,(H,20,21)/p+1. The predicted octanol–water partition coefficient (Wildman–Crippen LogP) is 2.35. The van der Waals surface area contributed by atoms with Gasteiger partial charge in [0.15, 0.2) is 6.54 Å². The first kappa shape index (κ1) is 18.9. The van der Waals surface area contributed by atoms with Gasteiger partial charge in [0.1, 0.15) is 5.00 Å². The van der Waals surface area contributed by atoms with Crippen LogP contribution in [-0.2, 0) is 22.4 Å². The number of nitrogens with two attached hydrogens (primary N) is 1. The lowest BCUT2D eigenvalue weighted by Gasteiger charge is -2.18. The number of hydrogen-bond acceptors (Lipinski definition) is 4.